The number of benzene rings is 3. The number of carboxylic acid groups (broad SMARTS) is 1. The predicted octanol–water partition coefficient (Wildman–Crippen LogP) is 4.42. The van der Waals surface area contributed by atoms with Crippen LogP contribution < -0.4 is 0 Å². The van der Waals surface area contributed by atoms with Gasteiger partial charge in [0.15, 0.2) is 0 Å². The molecule has 0 aliphatic carbocycles. The summed E-state index contributed by atoms with van der Waals surface area (Å²) in [6.45, 7) is 2.00. The molecule has 5 nitrogen and oxygen atoms in total. The highest BCUT2D eigenvalue weighted by Crippen LogP contribution is 2.33. The Kier molecular flexibility index (Phi) is 3.54. The van der Waals surface area contributed by atoms with E-state index in [2.05, 4.69) is 0 Å². The average molecular weight is 307 g/mol. The third-order valence-corrected chi connectivity index (χ3v) is 3.88. The van der Waals surface area contributed by atoms with Crippen molar-refractivity contribution in [3.63, 3.8) is 0 Å². The quantitative estimate of drug-likeness (QED) is 0.573. The first-order valence-electron chi connectivity index (χ1n) is 6.99. The molecule has 0 atom stereocenters. The van der Waals surface area contributed by atoms with Crippen molar-refractivity contribution in [2.45, 2.75) is 6.92 Å². The van der Waals surface area contributed by atoms with E-state index < -0.39 is 16.6 Å². The molecule has 0 amide bonds. The molecular formula is C18H13NO4. The zero-order valence-electron chi connectivity index (χ0n) is 12.3. The number of rotatable bonds is 3. The summed E-state index contributed by atoms with van der Waals surface area (Å²) >= 11 is 0. The van der Waals surface area contributed by atoms with E-state index in [1.165, 1.54) is 12.1 Å². The van der Waals surface area contributed by atoms with Crippen LogP contribution >= 0.6 is 0 Å². The van der Waals surface area contributed by atoms with Gasteiger partial charge in [-0.1, -0.05) is 42.5 Å². The Morgan fingerprint density at radius 2 is 1.74 bits per heavy atom. The van der Waals surface area contributed by atoms with Crippen LogP contribution in [0.5, 0.6) is 0 Å². The average Bonchev–Trinajstić information content (AvgIpc) is 2.55. The van der Waals surface area contributed by atoms with Crippen LogP contribution in [0.1, 0.15) is 15.9 Å². The summed E-state index contributed by atoms with van der Waals surface area (Å²) in [5.74, 6) is -1.31. The Morgan fingerprint density at radius 3 is 2.39 bits per heavy atom. The summed E-state index contributed by atoms with van der Waals surface area (Å²) in [6, 6.07) is 15.9. The molecule has 0 heterocycles. The lowest BCUT2D eigenvalue weighted by Crippen LogP contribution is -2.02. The fraction of sp³-hybridized carbons (Fsp3) is 0.0556. The lowest BCUT2D eigenvalue weighted by molar-refractivity contribution is -0.385. The molecule has 0 aromatic heterocycles. The van der Waals surface area contributed by atoms with E-state index >= 15 is 0 Å². The fourth-order valence-electron chi connectivity index (χ4n) is 2.73. The van der Waals surface area contributed by atoms with Gasteiger partial charge in [0, 0.05) is 6.07 Å². The fourth-order valence-corrected chi connectivity index (χ4v) is 2.73. The number of aryl methyl sites for hydroxylation is 1. The lowest BCUT2D eigenvalue weighted by Gasteiger charge is -2.10. The third-order valence-electron chi connectivity index (χ3n) is 3.88. The van der Waals surface area contributed by atoms with Gasteiger partial charge in [0.05, 0.1) is 4.92 Å². The van der Waals surface area contributed by atoms with E-state index in [1.54, 1.807) is 6.07 Å². The Labute approximate surface area is 132 Å². The molecule has 0 fully saturated rings. The van der Waals surface area contributed by atoms with Crippen molar-refractivity contribution >= 4 is 22.4 Å². The highest BCUT2D eigenvalue weighted by molar-refractivity contribution is 6.00. The van der Waals surface area contributed by atoms with E-state index in [0.717, 1.165) is 21.9 Å². The normalized spacial score (nSPS) is 10.7. The molecule has 1 N–H and O–H groups in total. The minimum Gasteiger partial charge on any atom is -0.477 e. The van der Waals surface area contributed by atoms with E-state index in [0.29, 0.717) is 5.56 Å². The minimum absolute atomic E-state index is 0.310. The third kappa shape index (κ3) is 2.53. The van der Waals surface area contributed by atoms with Crippen LogP contribution in [-0.2, 0) is 0 Å². The molecule has 0 aliphatic heterocycles. The molecule has 0 aliphatic rings. The van der Waals surface area contributed by atoms with Gasteiger partial charge >= 0.3 is 5.97 Å². The molecule has 0 bridgehead atoms. The van der Waals surface area contributed by atoms with Crippen molar-refractivity contribution < 1.29 is 14.8 Å². The van der Waals surface area contributed by atoms with Crippen LogP contribution in [-0.4, -0.2) is 16.0 Å². The van der Waals surface area contributed by atoms with Gasteiger partial charge in [-0.05, 0) is 40.5 Å². The van der Waals surface area contributed by atoms with Gasteiger partial charge in [0.25, 0.3) is 5.69 Å². The number of nitrogens with zero attached hydrogens (tertiary/aromatic N) is 1. The number of aromatic carboxylic acids is 1. The molecule has 0 radical (unpaired) electrons. The first kappa shape index (κ1) is 14.7. The molecule has 0 spiro atoms. The number of fused-ring (bicyclic) bond motifs is 1. The molecule has 0 unspecified atom stereocenters. The van der Waals surface area contributed by atoms with Gasteiger partial charge in [-0.2, -0.15) is 0 Å². The van der Waals surface area contributed by atoms with Crippen molar-refractivity contribution in [3.8, 4) is 11.1 Å². The SMILES string of the molecule is Cc1ccc(-c2ccc(C(=O)O)c([N+](=O)[O-])c2)c2ccccc12. The summed E-state index contributed by atoms with van der Waals surface area (Å²) in [5, 5.41) is 22.3. The molecule has 5 heteroatoms. The number of hydrogen-bond donors (Lipinski definition) is 1. The number of carbonyl (C=O) groups is 1. The van der Waals surface area contributed by atoms with Gasteiger partial charge in [-0.3, -0.25) is 10.1 Å². The molecule has 3 aromatic carbocycles. The van der Waals surface area contributed by atoms with Gasteiger partial charge in [0.1, 0.15) is 5.56 Å². The Morgan fingerprint density at radius 1 is 1.04 bits per heavy atom. The lowest BCUT2D eigenvalue weighted by atomic mass is 9.94. The van der Waals surface area contributed by atoms with Crippen molar-refractivity contribution in [1.82, 2.24) is 0 Å². The minimum atomic E-state index is -1.31. The maximum atomic E-state index is 11.2. The molecular weight excluding hydrogens is 294 g/mol. The van der Waals surface area contributed by atoms with Crippen molar-refractivity contribution in [2.75, 3.05) is 0 Å². The molecule has 3 rings (SSSR count). The number of carboxylic acids is 1. The summed E-state index contributed by atoms with van der Waals surface area (Å²) in [4.78, 5) is 21.6. The predicted molar refractivity (Wildman–Crippen MR) is 87.7 cm³/mol. The van der Waals surface area contributed by atoms with Crippen LogP contribution in [0.25, 0.3) is 21.9 Å². The summed E-state index contributed by atoms with van der Waals surface area (Å²) in [6.07, 6.45) is 0. The topological polar surface area (TPSA) is 80.4 Å². The smallest absolute Gasteiger partial charge is 0.342 e. The summed E-state index contributed by atoms with van der Waals surface area (Å²) in [7, 11) is 0. The number of hydrogen-bond acceptors (Lipinski definition) is 3. The van der Waals surface area contributed by atoms with E-state index in [9.17, 15) is 14.9 Å². The van der Waals surface area contributed by atoms with E-state index in [1.807, 2.05) is 43.3 Å². The van der Waals surface area contributed by atoms with E-state index in [4.69, 9.17) is 5.11 Å². The van der Waals surface area contributed by atoms with Crippen molar-refractivity contribution in [2.24, 2.45) is 0 Å². The standard InChI is InChI=1S/C18H13NO4/c1-11-6-8-14(15-5-3-2-4-13(11)15)12-7-9-16(18(20)21)17(10-12)19(22)23/h2-10H,1H3,(H,20,21). The van der Waals surface area contributed by atoms with Crippen LogP contribution in [0.15, 0.2) is 54.6 Å². The van der Waals surface area contributed by atoms with Gasteiger partial charge in [-0.25, -0.2) is 4.79 Å². The first-order valence-corrected chi connectivity index (χ1v) is 6.99. The van der Waals surface area contributed by atoms with Gasteiger partial charge < -0.3 is 5.11 Å². The van der Waals surface area contributed by atoms with Crippen LogP contribution in [0, 0.1) is 17.0 Å². The van der Waals surface area contributed by atoms with Crippen LogP contribution in [0.2, 0.25) is 0 Å². The zero-order chi connectivity index (χ0) is 16.6. The second-order valence-electron chi connectivity index (χ2n) is 5.27. The molecule has 3 aromatic rings. The monoisotopic (exact) mass is 307 g/mol. The largest absolute Gasteiger partial charge is 0.477 e. The number of nitro groups is 1. The molecule has 23 heavy (non-hydrogen) atoms. The Hall–Kier alpha value is -3.21. The number of nitro benzene ring substituents is 1. The molecule has 0 saturated carbocycles. The van der Waals surface area contributed by atoms with Crippen LogP contribution in [0.4, 0.5) is 5.69 Å². The maximum absolute atomic E-state index is 11.2. The maximum Gasteiger partial charge on any atom is 0.342 e. The van der Waals surface area contributed by atoms with Gasteiger partial charge in [0.2, 0.25) is 0 Å². The van der Waals surface area contributed by atoms with Crippen LogP contribution in [0.3, 0.4) is 0 Å². The Bertz CT molecular complexity index is 947. The zero-order valence-corrected chi connectivity index (χ0v) is 12.3. The highest BCUT2D eigenvalue weighted by Gasteiger charge is 2.21. The summed E-state index contributed by atoms with van der Waals surface area (Å²) in [5.41, 5.74) is 1.86. The Balaban J connectivity index is 2.28. The summed E-state index contributed by atoms with van der Waals surface area (Å²) < 4.78 is 0. The molecule has 114 valence electrons. The second kappa shape index (κ2) is 5.53. The second-order valence-corrected chi connectivity index (χ2v) is 5.27. The van der Waals surface area contributed by atoms with Crippen molar-refractivity contribution in [1.29, 1.82) is 0 Å². The molecule has 0 saturated heterocycles. The van der Waals surface area contributed by atoms with Gasteiger partial charge in [-0.15, -0.1) is 0 Å². The van der Waals surface area contributed by atoms with E-state index in [-0.39, 0.29) is 5.56 Å². The first-order chi connectivity index (χ1) is 11.0. The highest BCUT2D eigenvalue weighted by atomic mass is 16.6. The van der Waals surface area contributed by atoms with Crippen molar-refractivity contribution in [3.05, 3.63) is 75.8 Å².